The van der Waals surface area contributed by atoms with Gasteiger partial charge in [-0.15, -0.1) is 0 Å². The third kappa shape index (κ3) is 8.78. The molecule has 0 saturated heterocycles. The third-order valence-electron chi connectivity index (χ3n) is 14.9. The summed E-state index contributed by atoms with van der Waals surface area (Å²) in [6, 6.07) is 55.7. The lowest BCUT2D eigenvalue weighted by atomic mass is 9.79. The quantitative estimate of drug-likeness (QED) is 0.164. The molecule has 0 aliphatic rings. The molecule has 0 aliphatic heterocycles. The van der Waals surface area contributed by atoms with Crippen molar-refractivity contribution in [2.45, 2.75) is 105 Å². The molecule has 0 bridgehead atoms. The summed E-state index contributed by atoms with van der Waals surface area (Å²) in [5.41, 5.74) is 15.6. The van der Waals surface area contributed by atoms with E-state index in [0.29, 0.717) is 28.6 Å². The van der Waals surface area contributed by atoms with Crippen molar-refractivity contribution in [1.82, 2.24) is 29.1 Å². The Hall–Kier alpha value is -8.72. The molecule has 0 unspecified atom stereocenters. The zero-order valence-corrected chi connectivity index (χ0v) is 45.6. The molecule has 8 nitrogen and oxygen atoms in total. The number of benzene rings is 7. The van der Waals surface area contributed by atoms with E-state index in [1.165, 1.54) is 22.3 Å². The van der Waals surface area contributed by atoms with E-state index < -0.39 is 0 Å². The zero-order valence-electron chi connectivity index (χ0n) is 45.6. The van der Waals surface area contributed by atoms with E-state index in [1.807, 2.05) is 48.8 Å². The van der Waals surface area contributed by atoms with Gasteiger partial charge in [0.25, 0.3) is 0 Å². The van der Waals surface area contributed by atoms with E-state index in [2.05, 4.69) is 214 Å². The lowest BCUT2D eigenvalue weighted by molar-refractivity contribution is 0.568. The Bertz CT molecular complexity index is 3960. The average Bonchev–Trinajstić information content (AvgIpc) is 3.95. The number of nitrogens with zero attached hydrogens (tertiary/aromatic N) is 8. The highest BCUT2D eigenvalue weighted by Crippen LogP contribution is 2.43. The number of aromatic nitrogens is 6. The van der Waals surface area contributed by atoms with Crippen molar-refractivity contribution < 1.29 is 0 Å². The van der Waals surface area contributed by atoms with Crippen LogP contribution in [0.1, 0.15) is 116 Å². The second-order valence-corrected chi connectivity index (χ2v) is 24.4. The van der Waals surface area contributed by atoms with Gasteiger partial charge < -0.3 is 9.13 Å². The number of para-hydroxylation sites is 2. The summed E-state index contributed by atoms with van der Waals surface area (Å²) >= 11 is 0. The SMILES string of the molecule is CC(C)(C)c1cc(-c2nc(-c3cc(C(C)(C)C)cc(C(C)(C)C)c3)nc(-c3ccc(-n4c5ccccc5c5ccccc54)c(-c4cnccc4-n4c5ccc(C#N)cc5c5cc(C#N)ccc54)c3)n2)cc(C(C)(C)C)c1. The van der Waals surface area contributed by atoms with Crippen LogP contribution < -0.4 is 0 Å². The maximum absolute atomic E-state index is 10.1. The van der Waals surface area contributed by atoms with Gasteiger partial charge in [0.2, 0.25) is 0 Å². The summed E-state index contributed by atoms with van der Waals surface area (Å²) in [5, 5.41) is 24.2. The van der Waals surface area contributed by atoms with E-state index in [9.17, 15) is 10.5 Å². The molecule has 11 aromatic rings. The van der Waals surface area contributed by atoms with E-state index in [0.717, 1.165) is 82.8 Å². The number of hydrogen-bond acceptors (Lipinski definition) is 6. The van der Waals surface area contributed by atoms with Gasteiger partial charge in [-0.05, 0) is 141 Å². The topological polar surface area (TPSA) is 109 Å². The number of nitriles is 2. The normalized spacial score (nSPS) is 12.4. The van der Waals surface area contributed by atoms with E-state index in [-0.39, 0.29) is 21.7 Å². The van der Waals surface area contributed by atoms with Crippen molar-refractivity contribution in [2.75, 3.05) is 0 Å². The van der Waals surface area contributed by atoms with Gasteiger partial charge in [0.05, 0.1) is 56.7 Å². The molecule has 7 aromatic carbocycles. The van der Waals surface area contributed by atoms with Crippen LogP contribution in [0.25, 0.3) is 100 Å². The second kappa shape index (κ2) is 18.0. The first-order valence-electron chi connectivity index (χ1n) is 26.1. The Labute approximate surface area is 446 Å². The lowest BCUT2D eigenvalue weighted by Gasteiger charge is -2.26. The summed E-state index contributed by atoms with van der Waals surface area (Å²) in [5.74, 6) is 1.75. The van der Waals surface area contributed by atoms with Crippen molar-refractivity contribution in [3.63, 3.8) is 0 Å². The van der Waals surface area contributed by atoms with Gasteiger partial charge in [-0.1, -0.05) is 132 Å². The summed E-state index contributed by atoms with van der Waals surface area (Å²) in [6.45, 7) is 27.1. The van der Waals surface area contributed by atoms with Gasteiger partial charge in [0, 0.05) is 61.8 Å². The Morgan fingerprint density at radius 2 is 0.763 bits per heavy atom. The molecular formula is C68H62N8. The third-order valence-corrected chi connectivity index (χ3v) is 14.9. The summed E-state index contributed by atoms with van der Waals surface area (Å²) in [7, 11) is 0. The van der Waals surface area contributed by atoms with Crippen LogP contribution in [-0.4, -0.2) is 29.1 Å². The molecule has 0 N–H and O–H groups in total. The highest BCUT2D eigenvalue weighted by atomic mass is 15.0. The number of rotatable bonds is 6. The van der Waals surface area contributed by atoms with Crippen molar-refractivity contribution in [3.05, 3.63) is 191 Å². The molecule has 0 amide bonds. The first-order valence-corrected chi connectivity index (χ1v) is 26.1. The number of pyridine rings is 1. The molecule has 0 aliphatic carbocycles. The van der Waals surface area contributed by atoms with Gasteiger partial charge >= 0.3 is 0 Å². The first-order chi connectivity index (χ1) is 36.1. The van der Waals surface area contributed by atoms with Crippen LogP contribution in [0, 0.1) is 22.7 Å². The fourth-order valence-electron chi connectivity index (χ4n) is 10.5. The van der Waals surface area contributed by atoms with Gasteiger partial charge in [0.1, 0.15) is 0 Å². The standard InChI is InChI=1S/C68H62N8/c1-65(2,3)46-31-44(32-47(36-46)66(4,5)6)63-72-62(73-64(74-63)45-33-48(67(7,8)9)37-49(34-45)68(10,11)12)43-23-26-60(75-56-19-15-13-17-50(56)51-18-14-16-20-57(51)75)54(35-43)55-40-71-28-27-61(55)76-58-24-21-41(38-69)29-52(58)53-30-42(39-70)22-25-59(53)76/h13-37,40H,1-12H3. The molecule has 0 fully saturated rings. The molecule has 0 spiro atoms. The van der Waals surface area contributed by atoms with Crippen LogP contribution in [0.15, 0.2) is 158 Å². The summed E-state index contributed by atoms with van der Waals surface area (Å²) in [6.07, 6.45) is 3.77. The first kappa shape index (κ1) is 49.5. The van der Waals surface area contributed by atoms with Crippen molar-refractivity contribution in [3.8, 4) is 68.8 Å². The molecule has 374 valence electrons. The van der Waals surface area contributed by atoms with Crippen LogP contribution in [0.2, 0.25) is 0 Å². The largest absolute Gasteiger partial charge is 0.309 e. The van der Waals surface area contributed by atoms with Crippen LogP contribution in [0.3, 0.4) is 0 Å². The highest BCUT2D eigenvalue weighted by molar-refractivity contribution is 6.12. The molecule has 0 saturated carbocycles. The molecule has 76 heavy (non-hydrogen) atoms. The summed E-state index contributed by atoms with van der Waals surface area (Å²) in [4.78, 5) is 21.3. The zero-order chi connectivity index (χ0) is 53.6. The van der Waals surface area contributed by atoms with E-state index in [1.54, 1.807) is 0 Å². The van der Waals surface area contributed by atoms with Crippen molar-refractivity contribution in [1.29, 1.82) is 10.5 Å². The Balaban J connectivity index is 1.24. The smallest absolute Gasteiger partial charge is 0.164 e. The van der Waals surface area contributed by atoms with E-state index >= 15 is 0 Å². The molecular weight excluding hydrogens is 929 g/mol. The predicted octanol–water partition coefficient (Wildman–Crippen LogP) is 17.1. The molecule has 4 aromatic heterocycles. The minimum Gasteiger partial charge on any atom is -0.309 e. The number of hydrogen-bond donors (Lipinski definition) is 0. The average molecular weight is 991 g/mol. The predicted molar refractivity (Wildman–Crippen MR) is 312 cm³/mol. The molecule has 8 heteroatoms. The second-order valence-electron chi connectivity index (χ2n) is 24.4. The monoisotopic (exact) mass is 991 g/mol. The van der Waals surface area contributed by atoms with Crippen LogP contribution >= 0.6 is 0 Å². The van der Waals surface area contributed by atoms with Gasteiger partial charge in [-0.2, -0.15) is 10.5 Å². The molecule has 4 heterocycles. The molecule has 0 radical (unpaired) electrons. The molecule has 11 rings (SSSR count). The maximum atomic E-state index is 10.1. The highest BCUT2D eigenvalue weighted by Gasteiger charge is 2.27. The lowest BCUT2D eigenvalue weighted by Crippen LogP contribution is -2.17. The Morgan fingerprint density at radius 3 is 1.18 bits per heavy atom. The van der Waals surface area contributed by atoms with Crippen LogP contribution in [-0.2, 0) is 21.7 Å². The van der Waals surface area contributed by atoms with Gasteiger partial charge in [-0.25, -0.2) is 15.0 Å². The Morgan fingerprint density at radius 1 is 0.368 bits per heavy atom. The maximum Gasteiger partial charge on any atom is 0.164 e. The number of fused-ring (bicyclic) bond motifs is 6. The fraction of sp³-hybridized carbons (Fsp3) is 0.235. The van der Waals surface area contributed by atoms with Crippen molar-refractivity contribution in [2.24, 2.45) is 0 Å². The van der Waals surface area contributed by atoms with Gasteiger partial charge in [-0.3, -0.25) is 4.98 Å². The van der Waals surface area contributed by atoms with E-state index in [4.69, 9.17) is 19.9 Å². The van der Waals surface area contributed by atoms with Crippen molar-refractivity contribution >= 4 is 43.6 Å². The van der Waals surface area contributed by atoms with Crippen LogP contribution in [0.5, 0.6) is 0 Å². The minimum absolute atomic E-state index is 0.136. The Kier molecular flexibility index (Phi) is 11.7. The minimum atomic E-state index is -0.136. The van der Waals surface area contributed by atoms with Gasteiger partial charge in [0.15, 0.2) is 17.5 Å². The summed E-state index contributed by atoms with van der Waals surface area (Å²) < 4.78 is 4.59. The fourth-order valence-corrected chi connectivity index (χ4v) is 10.5. The molecule has 0 atom stereocenters. The van der Waals surface area contributed by atoms with Crippen LogP contribution in [0.4, 0.5) is 0 Å².